The maximum atomic E-state index is 11.3. The summed E-state index contributed by atoms with van der Waals surface area (Å²) in [6.45, 7) is 1.95. The number of hydrogen-bond acceptors (Lipinski definition) is 3. The van der Waals surface area contributed by atoms with Crippen LogP contribution in [0.2, 0.25) is 0 Å². The maximum Gasteiger partial charge on any atom is 0.305 e. The minimum Gasteiger partial charge on any atom is -0.481 e. The van der Waals surface area contributed by atoms with Crippen LogP contribution in [0.25, 0.3) is 10.9 Å². The number of likely N-dealkylation sites (tertiary alicyclic amines) is 1. The Morgan fingerprint density at radius 1 is 1.19 bits per heavy atom. The molecule has 0 saturated carbocycles. The van der Waals surface area contributed by atoms with Crippen LogP contribution in [0.1, 0.15) is 37.3 Å². The van der Waals surface area contributed by atoms with Crippen molar-refractivity contribution in [2.45, 2.75) is 31.7 Å². The Hall–Kier alpha value is -1.94. The van der Waals surface area contributed by atoms with Gasteiger partial charge < -0.3 is 5.11 Å². The molecule has 1 atom stereocenters. The van der Waals surface area contributed by atoms with Gasteiger partial charge in [-0.3, -0.25) is 14.7 Å². The summed E-state index contributed by atoms with van der Waals surface area (Å²) in [5.41, 5.74) is 1.97. The van der Waals surface area contributed by atoms with Crippen molar-refractivity contribution in [3.8, 4) is 0 Å². The van der Waals surface area contributed by atoms with Gasteiger partial charge in [-0.1, -0.05) is 30.7 Å². The second kappa shape index (κ2) is 6.22. The SMILES string of the molecule is O=C(O)CC(c1cccc2cccnc12)N1CCCCC1. The Morgan fingerprint density at radius 3 is 2.71 bits per heavy atom. The second-order valence-electron chi connectivity index (χ2n) is 5.63. The minimum absolute atomic E-state index is 0.0820. The minimum atomic E-state index is -0.751. The van der Waals surface area contributed by atoms with Gasteiger partial charge in [0.15, 0.2) is 0 Å². The smallest absolute Gasteiger partial charge is 0.305 e. The predicted octanol–water partition coefficient (Wildman–Crippen LogP) is 3.24. The maximum absolute atomic E-state index is 11.3. The third kappa shape index (κ3) is 3.05. The van der Waals surface area contributed by atoms with E-state index in [4.69, 9.17) is 0 Å². The van der Waals surface area contributed by atoms with Crippen LogP contribution in [0.5, 0.6) is 0 Å². The first kappa shape index (κ1) is 14.0. The Kier molecular flexibility index (Phi) is 4.15. The first-order valence-electron chi connectivity index (χ1n) is 7.55. The molecule has 1 aromatic heterocycles. The van der Waals surface area contributed by atoms with Crippen LogP contribution in [0, 0.1) is 0 Å². The van der Waals surface area contributed by atoms with Crippen molar-refractivity contribution in [1.29, 1.82) is 0 Å². The van der Waals surface area contributed by atoms with E-state index in [1.54, 1.807) is 6.20 Å². The third-order valence-electron chi connectivity index (χ3n) is 4.22. The first-order valence-corrected chi connectivity index (χ1v) is 7.55. The molecule has 1 aromatic carbocycles. The Balaban J connectivity index is 2.02. The molecule has 0 aliphatic carbocycles. The summed E-state index contributed by atoms with van der Waals surface area (Å²) in [4.78, 5) is 18.1. The largest absolute Gasteiger partial charge is 0.481 e. The van der Waals surface area contributed by atoms with Crippen molar-refractivity contribution in [1.82, 2.24) is 9.88 Å². The number of rotatable bonds is 4. The standard InChI is InChI=1S/C17H20N2O2/c20-16(21)12-15(19-10-2-1-3-11-19)14-8-4-6-13-7-5-9-18-17(13)14/h4-9,15H,1-3,10-12H2,(H,20,21). The molecule has 3 rings (SSSR count). The zero-order valence-electron chi connectivity index (χ0n) is 12.0. The van der Waals surface area contributed by atoms with Crippen LogP contribution in [-0.2, 0) is 4.79 Å². The summed E-state index contributed by atoms with van der Waals surface area (Å²) in [6.07, 6.45) is 5.45. The van der Waals surface area contributed by atoms with Gasteiger partial charge in [0.2, 0.25) is 0 Å². The molecule has 2 aromatic rings. The van der Waals surface area contributed by atoms with Crippen molar-refractivity contribution >= 4 is 16.9 Å². The van der Waals surface area contributed by atoms with Crippen molar-refractivity contribution in [2.75, 3.05) is 13.1 Å². The van der Waals surface area contributed by atoms with Gasteiger partial charge in [0, 0.05) is 17.6 Å². The number of aliphatic carboxylic acids is 1. The van der Waals surface area contributed by atoms with Crippen LogP contribution < -0.4 is 0 Å². The highest BCUT2D eigenvalue weighted by Crippen LogP contribution is 2.31. The number of piperidine rings is 1. The molecule has 0 amide bonds. The first-order chi connectivity index (χ1) is 10.3. The van der Waals surface area contributed by atoms with Gasteiger partial charge >= 0.3 is 5.97 Å². The Bertz CT molecular complexity index is 630. The zero-order valence-corrected chi connectivity index (χ0v) is 12.0. The normalized spacial score (nSPS) is 17.7. The van der Waals surface area contributed by atoms with Crippen LogP contribution in [0.3, 0.4) is 0 Å². The van der Waals surface area contributed by atoms with E-state index in [1.807, 2.05) is 30.3 Å². The number of carboxylic acid groups (broad SMARTS) is 1. The van der Waals surface area contributed by atoms with E-state index < -0.39 is 5.97 Å². The van der Waals surface area contributed by atoms with Crippen molar-refractivity contribution in [2.24, 2.45) is 0 Å². The van der Waals surface area contributed by atoms with Crippen LogP contribution in [0.15, 0.2) is 36.5 Å². The zero-order chi connectivity index (χ0) is 14.7. The molecular formula is C17H20N2O2. The molecule has 0 radical (unpaired) electrons. The highest BCUT2D eigenvalue weighted by molar-refractivity contribution is 5.82. The summed E-state index contributed by atoms with van der Waals surface area (Å²) in [6, 6.07) is 9.91. The van der Waals surface area contributed by atoms with E-state index in [1.165, 1.54) is 6.42 Å². The number of carboxylic acids is 1. The summed E-state index contributed by atoms with van der Waals surface area (Å²) < 4.78 is 0. The summed E-state index contributed by atoms with van der Waals surface area (Å²) >= 11 is 0. The molecule has 0 bridgehead atoms. The number of benzene rings is 1. The number of aromatic nitrogens is 1. The molecular weight excluding hydrogens is 264 g/mol. The molecule has 1 fully saturated rings. The lowest BCUT2D eigenvalue weighted by atomic mass is 9.96. The molecule has 1 unspecified atom stereocenters. The average molecular weight is 284 g/mol. The summed E-state index contributed by atoms with van der Waals surface area (Å²) in [5, 5.41) is 10.4. The number of carbonyl (C=O) groups is 1. The van der Waals surface area contributed by atoms with Gasteiger partial charge in [0.05, 0.1) is 11.9 Å². The summed E-state index contributed by atoms with van der Waals surface area (Å²) in [5.74, 6) is -0.751. The molecule has 0 spiro atoms. The van der Waals surface area contributed by atoms with E-state index in [2.05, 4.69) is 9.88 Å². The predicted molar refractivity (Wildman–Crippen MR) is 82.2 cm³/mol. The fourth-order valence-corrected chi connectivity index (χ4v) is 3.23. The molecule has 2 heterocycles. The molecule has 1 N–H and O–H groups in total. The number of nitrogens with zero attached hydrogens (tertiary/aromatic N) is 2. The summed E-state index contributed by atoms with van der Waals surface area (Å²) in [7, 11) is 0. The van der Waals surface area contributed by atoms with Gasteiger partial charge in [-0.2, -0.15) is 0 Å². The monoisotopic (exact) mass is 284 g/mol. The van der Waals surface area contributed by atoms with Gasteiger partial charge in [-0.15, -0.1) is 0 Å². The van der Waals surface area contributed by atoms with E-state index in [0.717, 1.165) is 42.4 Å². The van der Waals surface area contributed by atoms with Crippen LogP contribution in [-0.4, -0.2) is 34.0 Å². The topological polar surface area (TPSA) is 53.4 Å². The number of fused-ring (bicyclic) bond motifs is 1. The highest BCUT2D eigenvalue weighted by atomic mass is 16.4. The lowest BCUT2D eigenvalue weighted by Crippen LogP contribution is -2.35. The van der Waals surface area contributed by atoms with Gasteiger partial charge in [0.25, 0.3) is 0 Å². The van der Waals surface area contributed by atoms with E-state index in [9.17, 15) is 9.90 Å². The van der Waals surface area contributed by atoms with Crippen LogP contribution >= 0.6 is 0 Å². The molecule has 4 heteroatoms. The number of para-hydroxylation sites is 1. The third-order valence-corrected chi connectivity index (χ3v) is 4.22. The van der Waals surface area contributed by atoms with E-state index >= 15 is 0 Å². The van der Waals surface area contributed by atoms with Gasteiger partial charge in [-0.25, -0.2) is 0 Å². The Morgan fingerprint density at radius 2 is 1.95 bits per heavy atom. The second-order valence-corrected chi connectivity index (χ2v) is 5.63. The molecule has 110 valence electrons. The molecule has 1 saturated heterocycles. The lowest BCUT2D eigenvalue weighted by molar-refractivity contribution is -0.138. The quantitative estimate of drug-likeness (QED) is 0.936. The van der Waals surface area contributed by atoms with E-state index in [0.29, 0.717) is 0 Å². The van der Waals surface area contributed by atoms with Gasteiger partial charge in [-0.05, 0) is 37.6 Å². The Labute approximate surface area is 124 Å². The average Bonchev–Trinajstić information content (AvgIpc) is 2.53. The van der Waals surface area contributed by atoms with Crippen LogP contribution in [0.4, 0.5) is 0 Å². The van der Waals surface area contributed by atoms with Gasteiger partial charge in [0.1, 0.15) is 0 Å². The van der Waals surface area contributed by atoms with Crippen molar-refractivity contribution in [3.63, 3.8) is 0 Å². The van der Waals surface area contributed by atoms with E-state index in [-0.39, 0.29) is 12.5 Å². The fourth-order valence-electron chi connectivity index (χ4n) is 3.23. The molecule has 21 heavy (non-hydrogen) atoms. The molecule has 1 aliphatic rings. The van der Waals surface area contributed by atoms with Crippen molar-refractivity contribution < 1.29 is 9.90 Å². The molecule has 1 aliphatic heterocycles. The van der Waals surface area contributed by atoms with Crippen molar-refractivity contribution in [3.05, 3.63) is 42.1 Å². The fraction of sp³-hybridized carbons (Fsp3) is 0.412. The molecule has 4 nitrogen and oxygen atoms in total. The lowest BCUT2D eigenvalue weighted by Gasteiger charge is -2.34. The highest BCUT2D eigenvalue weighted by Gasteiger charge is 2.26. The number of hydrogen-bond donors (Lipinski definition) is 1. The number of pyridine rings is 1.